The highest BCUT2D eigenvalue weighted by Gasteiger charge is 2.28. The van der Waals surface area contributed by atoms with Gasteiger partial charge in [0.1, 0.15) is 12.1 Å². The van der Waals surface area contributed by atoms with E-state index in [1.807, 2.05) is 33.8 Å². The number of nitrogens with one attached hydrogen (secondary N) is 2. The Balaban J connectivity index is 0.00000450. The zero-order valence-electron chi connectivity index (χ0n) is 19.2. The van der Waals surface area contributed by atoms with Crippen LogP contribution in [0.15, 0.2) is 15.6 Å². The molecule has 9 heteroatoms. The summed E-state index contributed by atoms with van der Waals surface area (Å²) in [6.07, 6.45) is 2.58. The van der Waals surface area contributed by atoms with Gasteiger partial charge < -0.3 is 24.8 Å². The molecule has 1 aliphatic rings. The standard InChI is InChI=1S/C21H37N5O3.HI/c1-7-15(8-2)18-12-17(29-25-18)13-23-19(22-9-3)26-11-10-16(14-26)24-20(27)28-21(4,5)6;/h12,15-16H,7-11,13-14H2,1-6H3,(H,22,23)(H,24,27);1H. The maximum atomic E-state index is 12.0. The maximum absolute atomic E-state index is 12.0. The van der Waals surface area contributed by atoms with Crippen molar-refractivity contribution in [3.63, 3.8) is 0 Å². The number of halogens is 1. The van der Waals surface area contributed by atoms with Gasteiger partial charge in [0.15, 0.2) is 11.7 Å². The Morgan fingerprint density at radius 2 is 2.07 bits per heavy atom. The minimum absolute atomic E-state index is 0. The number of likely N-dealkylation sites (tertiary alicyclic amines) is 1. The average Bonchev–Trinajstić information content (AvgIpc) is 3.28. The number of carbonyl (C=O) groups is 1. The second kappa shape index (κ2) is 12.4. The van der Waals surface area contributed by atoms with Crippen LogP contribution in [0.2, 0.25) is 0 Å². The molecule has 1 amide bonds. The lowest BCUT2D eigenvalue weighted by atomic mass is 9.99. The molecule has 1 atom stereocenters. The Morgan fingerprint density at radius 3 is 2.67 bits per heavy atom. The first-order chi connectivity index (χ1) is 13.8. The second-order valence-corrected chi connectivity index (χ2v) is 8.48. The second-order valence-electron chi connectivity index (χ2n) is 8.48. The van der Waals surface area contributed by atoms with Gasteiger partial charge in [-0.15, -0.1) is 24.0 Å². The summed E-state index contributed by atoms with van der Waals surface area (Å²) >= 11 is 0. The van der Waals surface area contributed by atoms with Gasteiger partial charge in [0.05, 0.1) is 11.7 Å². The van der Waals surface area contributed by atoms with E-state index >= 15 is 0 Å². The first-order valence-electron chi connectivity index (χ1n) is 10.7. The van der Waals surface area contributed by atoms with E-state index in [4.69, 9.17) is 14.3 Å². The summed E-state index contributed by atoms with van der Waals surface area (Å²) in [5.41, 5.74) is 0.511. The van der Waals surface area contributed by atoms with Crippen molar-refractivity contribution in [2.75, 3.05) is 19.6 Å². The molecule has 1 aromatic heterocycles. The molecule has 2 heterocycles. The number of hydrogen-bond acceptors (Lipinski definition) is 5. The summed E-state index contributed by atoms with van der Waals surface area (Å²) in [4.78, 5) is 18.9. The fraction of sp³-hybridized carbons (Fsp3) is 0.762. The van der Waals surface area contributed by atoms with Crippen LogP contribution in [0.1, 0.15) is 78.2 Å². The van der Waals surface area contributed by atoms with E-state index in [0.29, 0.717) is 19.0 Å². The molecule has 0 saturated carbocycles. The molecule has 1 unspecified atom stereocenters. The van der Waals surface area contributed by atoms with Crippen LogP contribution in [-0.2, 0) is 11.3 Å². The molecule has 8 nitrogen and oxygen atoms in total. The summed E-state index contributed by atoms with van der Waals surface area (Å²) in [6, 6.07) is 2.06. The molecule has 2 N–H and O–H groups in total. The molecule has 1 fully saturated rings. The van der Waals surface area contributed by atoms with Crippen molar-refractivity contribution in [1.29, 1.82) is 0 Å². The molecule has 172 valence electrons. The monoisotopic (exact) mass is 535 g/mol. The largest absolute Gasteiger partial charge is 0.444 e. The Hall–Kier alpha value is -1.52. The van der Waals surface area contributed by atoms with Gasteiger partial charge in [-0.3, -0.25) is 0 Å². The highest BCUT2D eigenvalue weighted by Crippen LogP contribution is 2.22. The Labute approximate surface area is 197 Å². The van der Waals surface area contributed by atoms with Crippen molar-refractivity contribution in [3.05, 3.63) is 17.5 Å². The van der Waals surface area contributed by atoms with Crippen molar-refractivity contribution in [2.24, 2.45) is 4.99 Å². The van der Waals surface area contributed by atoms with E-state index in [-0.39, 0.29) is 36.1 Å². The van der Waals surface area contributed by atoms with Crippen molar-refractivity contribution in [2.45, 2.75) is 84.9 Å². The van der Waals surface area contributed by atoms with Gasteiger partial charge in [0.25, 0.3) is 0 Å². The fourth-order valence-electron chi connectivity index (χ4n) is 3.43. The predicted octanol–water partition coefficient (Wildman–Crippen LogP) is 4.26. The fourth-order valence-corrected chi connectivity index (χ4v) is 3.43. The van der Waals surface area contributed by atoms with Crippen LogP contribution in [0.4, 0.5) is 4.79 Å². The molecule has 1 saturated heterocycles. The topological polar surface area (TPSA) is 92.0 Å². The Bertz CT molecular complexity index is 682. The summed E-state index contributed by atoms with van der Waals surface area (Å²) in [7, 11) is 0. The summed E-state index contributed by atoms with van der Waals surface area (Å²) in [6.45, 7) is 14.7. The number of alkyl carbamates (subject to hydrolysis) is 1. The van der Waals surface area contributed by atoms with E-state index in [0.717, 1.165) is 49.8 Å². The van der Waals surface area contributed by atoms with Crippen LogP contribution in [-0.4, -0.2) is 53.4 Å². The van der Waals surface area contributed by atoms with E-state index < -0.39 is 5.60 Å². The lowest BCUT2D eigenvalue weighted by molar-refractivity contribution is 0.0507. The van der Waals surface area contributed by atoms with Crippen LogP contribution >= 0.6 is 24.0 Å². The van der Waals surface area contributed by atoms with Crippen molar-refractivity contribution in [1.82, 2.24) is 20.7 Å². The first kappa shape index (κ1) is 26.5. The number of ether oxygens (including phenoxy) is 1. The lowest BCUT2D eigenvalue weighted by Gasteiger charge is -2.23. The van der Waals surface area contributed by atoms with Gasteiger partial charge in [0, 0.05) is 31.6 Å². The van der Waals surface area contributed by atoms with E-state index in [1.54, 1.807) is 0 Å². The number of rotatable bonds is 7. The van der Waals surface area contributed by atoms with Gasteiger partial charge >= 0.3 is 6.09 Å². The van der Waals surface area contributed by atoms with Crippen LogP contribution in [0, 0.1) is 0 Å². The highest BCUT2D eigenvalue weighted by atomic mass is 127. The Kier molecular flexibility index (Phi) is 10.9. The molecule has 30 heavy (non-hydrogen) atoms. The molecule has 1 aromatic rings. The van der Waals surface area contributed by atoms with Crippen LogP contribution in [0.25, 0.3) is 0 Å². The number of carbonyl (C=O) groups excluding carboxylic acids is 1. The highest BCUT2D eigenvalue weighted by molar-refractivity contribution is 14.0. The SMILES string of the molecule is CCNC(=NCc1cc(C(CC)CC)no1)N1CCC(NC(=O)OC(C)(C)C)C1.I. The molecular weight excluding hydrogens is 497 g/mol. The number of guanidine groups is 1. The number of amides is 1. The smallest absolute Gasteiger partial charge is 0.407 e. The average molecular weight is 535 g/mol. The minimum Gasteiger partial charge on any atom is -0.444 e. The zero-order valence-corrected chi connectivity index (χ0v) is 21.5. The number of aliphatic imine (C=N–C) groups is 1. The van der Waals surface area contributed by atoms with Crippen LogP contribution in [0.5, 0.6) is 0 Å². The molecule has 1 aliphatic heterocycles. The normalized spacial score (nSPS) is 17.1. The van der Waals surface area contributed by atoms with Crippen molar-refractivity contribution < 1.29 is 14.1 Å². The van der Waals surface area contributed by atoms with Crippen LogP contribution in [0.3, 0.4) is 0 Å². The Morgan fingerprint density at radius 1 is 1.37 bits per heavy atom. The van der Waals surface area contributed by atoms with E-state index in [9.17, 15) is 4.79 Å². The number of hydrogen-bond donors (Lipinski definition) is 2. The molecule has 0 aromatic carbocycles. The lowest BCUT2D eigenvalue weighted by Crippen LogP contribution is -2.44. The predicted molar refractivity (Wildman–Crippen MR) is 129 cm³/mol. The zero-order chi connectivity index (χ0) is 21.4. The maximum Gasteiger partial charge on any atom is 0.407 e. The first-order valence-corrected chi connectivity index (χ1v) is 10.7. The molecule has 0 bridgehead atoms. The number of nitrogens with zero attached hydrogens (tertiary/aromatic N) is 3. The third-order valence-corrected chi connectivity index (χ3v) is 4.91. The molecular formula is C21H38IN5O3. The van der Waals surface area contributed by atoms with Gasteiger partial charge in [-0.05, 0) is 47.0 Å². The van der Waals surface area contributed by atoms with Gasteiger partial charge in [-0.25, -0.2) is 9.79 Å². The summed E-state index contributed by atoms with van der Waals surface area (Å²) in [5.74, 6) is 2.02. The molecule has 2 rings (SSSR count). The third kappa shape index (κ3) is 8.31. The van der Waals surface area contributed by atoms with Crippen LogP contribution < -0.4 is 10.6 Å². The molecule has 0 radical (unpaired) electrons. The van der Waals surface area contributed by atoms with Gasteiger partial charge in [0.2, 0.25) is 0 Å². The summed E-state index contributed by atoms with van der Waals surface area (Å²) in [5, 5.41) is 10.5. The summed E-state index contributed by atoms with van der Waals surface area (Å²) < 4.78 is 10.8. The van der Waals surface area contributed by atoms with E-state index in [2.05, 4.69) is 34.5 Å². The van der Waals surface area contributed by atoms with Crippen molar-refractivity contribution >= 4 is 36.0 Å². The van der Waals surface area contributed by atoms with Gasteiger partial charge in [-0.1, -0.05) is 19.0 Å². The van der Waals surface area contributed by atoms with Gasteiger partial charge in [-0.2, -0.15) is 0 Å². The van der Waals surface area contributed by atoms with E-state index in [1.165, 1.54) is 0 Å². The molecule has 0 aliphatic carbocycles. The third-order valence-electron chi connectivity index (χ3n) is 4.91. The quantitative estimate of drug-likeness (QED) is 0.308. The van der Waals surface area contributed by atoms with Crippen molar-refractivity contribution in [3.8, 4) is 0 Å². The minimum atomic E-state index is -0.497. The number of aromatic nitrogens is 1. The molecule has 0 spiro atoms.